The maximum absolute atomic E-state index is 11.2. The molecule has 1 rings (SSSR count). The molecule has 7 N–H and O–H groups in total. The number of carboxylic acids is 1. The predicted octanol–water partition coefficient (Wildman–Crippen LogP) is -0.770. The number of nitrogens with one attached hydrogen (secondary N) is 1. The van der Waals surface area contributed by atoms with Crippen LogP contribution in [0.5, 0.6) is 5.75 Å². The first-order chi connectivity index (χ1) is 8.32. The average Bonchev–Trinajstić information content (AvgIpc) is 2.26. The number of aromatic hydroxyl groups is 1. The third-order valence-corrected chi connectivity index (χ3v) is 1.53. The fourth-order valence-corrected chi connectivity index (χ4v) is 0.871. The van der Waals surface area contributed by atoms with E-state index in [1.807, 2.05) is 0 Å². The zero-order chi connectivity index (χ0) is 14.1. The second-order valence-corrected chi connectivity index (χ2v) is 3.03. The van der Waals surface area contributed by atoms with Crippen molar-refractivity contribution in [1.82, 2.24) is 5.32 Å². The second kappa shape index (κ2) is 7.49. The minimum absolute atomic E-state index is 0.0554. The molecule has 0 fully saturated rings. The van der Waals surface area contributed by atoms with Crippen molar-refractivity contribution in [2.75, 3.05) is 6.54 Å². The summed E-state index contributed by atoms with van der Waals surface area (Å²) in [4.78, 5) is 30.3. The molecule has 1 aromatic rings. The molecular weight excluding hydrogens is 242 g/mol. The standard InChI is InChI=1S/C9H9NO4.CH4N2O/c11-7-3-1-6(2-4-7)9(14)10-5-8(12)13;2-1(3)4/h1-4,11H,5H2,(H,10,14)(H,12,13);(H4,2,3,4). The van der Waals surface area contributed by atoms with Gasteiger partial charge in [-0.25, -0.2) is 4.79 Å². The van der Waals surface area contributed by atoms with Crippen LogP contribution in [-0.2, 0) is 4.79 Å². The Morgan fingerprint density at radius 1 is 1.11 bits per heavy atom. The van der Waals surface area contributed by atoms with Gasteiger partial charge in [-0.05, 0) is 24.3 Å². The molecule has 0 bridgehead atoms. The van der Waals surface area contributed by atoms with Gasteiger partial charge in [-0.2, -0.15) is 0 Å². The van der Waals surface area contributed by atoms with Gasteiger partial charge in [-0.15, -0.1) is 0 Å². The van der Waals surface area contributed by atoms with Crippen LogP contribution >= 0.6 is 0 Å². The first-order valence-electron chi connectivity index (χ1n) is 4.67. The first-order valence-corrected chi connectivity index (χ1v) is 4.67. The van der Waals surface area contributed by atoms with E-state index in [-0.39, 0.29) is 5.75 Å². The monoisotopic (exact) mass is 255 g/mol. The molecule has 8 nitrogen and oxygen atoms in total. The van der Waals surface area contributed by atoms with Crippen molar-refractivity contribution in [1.29, 1.82) is 0 Å². The number of carbonyl (C=O) groups excluding carboxylic acids is 2. The maximum Gasteiger partial charge on any atom is 0.322 e. The van der Waals surface area contributed by atoms with Gasteiger partial charge in [0.25, 0.3) is 5.91 Å². The molecule has 0 spiro atoms. The van der Waals surface area contributed by atoms with Gasteiger partial charge in [0.1, 0.15) is 12.3 Å². The second-order valence-electron chi connectivity index (χ2n) is 3.03. The molecule has 0 saturated heterocycles. The molecule has 1 aromatic carbocycles. The van der Waals surface area contributed by atoms with E-state index in [1.54, 1.807) is 0 Å². The van der Waals surface area contributed by atoms with Crippen molar-refractivity contribution in [2.45, 2.75) is 0 Å². The van der Waals surface area contributed by atoms with Crippen molar-refractivity contribution in [3.05, 3.63) is 29.8 Å². The summed E-state index contributed by atoms with van der Waals surface area (Å²) in [6, 6.07) is 4.70. The van der Waals surface area contributed by atoms with Crippen molar-refractivity contribution >= 4 is 17.9 Å². The first kappa shape index (κ1) is 15.2. The Balaban J connectivity index is 0.000000631. The number of rotatable bonds is 3. The van der Waals surface area contributed by atoms with E-state index in [9.17, 15) is 9.59 Å². The highest BCUT2D eigenvalue weighted by molar-refractivity contribution is 5.95. The van der Waals surface area contributed by atoms with Crippen LogP contribution in [-0.4, -0.2) is 34.7 Å². The number of nitrogens with two attached hydrogens (primary N) is 2. The van der Waals surface area contributed by atoms with Gasteiger partial charge in [0.05, 0.1) is 0 Å². The van der Waals surface area contributed by atoms with Crippen LogP contribution in [0.2, 0.25) is 0 Å². The number of phenolic OH excluding ortho intramolecular Hbond substituents is 1. The molecule has 3 amide bonds. The largest absolute Gasteiger partial charge is 0.508 e. The minimum atomic E-state index is -1.10. The summed E-state index contributed by atoms with van der Waals surface area (Å²) in [6.07, 6.45) is 0. The fraction of sp³-hybridized carbons (Fsp3) is 0.100. The van der Waals surface area contributed by atoms with Crippen LogP contribution in [0.15, 0.2) is 24.3 Å². The molecule has 0 unspecified atom stereocenters. The van der Waals surface area contributed by atoms with Crippen LogP contribution in [0.25, 0.3) is 0 Å². The minimum Gasteiger partial charge on any atom is -0.508 e. The van der Waals surface area contributed by atoms with Crippen LogP contribution in [0.1, 0.15) is 10.4 Å². The van der Waals surface area contributed by atoms with Gasteiger partial charge in [-0.1, -0.05) is 0 Å². The normalized spacial score (nSPS) is 8.67. The summed E-state index contributed by atoms with van der Waals surface area (Å²) in [7, 11) is 0. The number of carbonyl (C=O) groups is 3. The molecular formula is C10H13N3O5. The Hall–Kier alpha value is -2.77. The summed E-state index contributed by atoms with van der Waals surface area (Å²) in [5, 5.41) is 19.4. The lowest BCUT2D eigenvalue weighted by Gasteiger charge is -2.01. The zero-order valence-corrected chi connectivity index (χ0v) is 9.29. The van der Waals surface area contributed by atoms with E-state index < -0.39 is 24.5 Å². The molecule has 0 aromatic heterocycles. The van der Waals surface area contributed by atoms with E-state index in [0.29, 0.717) is 5.56 Å². The molecule has 0 aliphatic rings. The fourth-order valence-electron chi connectivity index (χ4n) is 0.871. The predicted molar refractivity (Wildman–Crippen MR) is 61.8 cm³/mol. The molecule has 0 heterocycles. The van der Waals surface area contributed by atoms with Crippen molar-refractivity contribution in [3.63, 3.8) is 0 Å². The van der Waals surface area contributed by atoms with Crippen molar-refractivity contribution in [3.8, 4) is 5.75 Å². The van der Waals surface area contributed by atoms with E-state index >= 15 is 0 Å². The zero-order valence-electron chi connectivity index (χ0n) is 9.29. The van der Waals surface area contributed by atoms with Gasteiger partial charge >= 0.3 is 12.0 Å². The molecule has 0 saturated carbocycles. The van der Waals surface area contributed by atoms with Crippen LogP contribution in [0, 0.1) is 0 Å². The van der Waals surface area contributed by atoms with Gasteiger partial charge in [-0.3, -0.25) is 9.59 Å². The summed E-state index contributed by atoms with van der Waals surface area (Å²) in [5.74, 6) is -1.52. The SMILES string of the molecule is NC(N)=O.O=C(O)CNC(=O)c1ccc(O)cc1. The number of carboxylic acid groups (broad SMARTS) is 1. The molecule has 0 aliphatic carbocycles. The van der Waals surface area contributed by atoms with E-state index in [1.165, 1.54) is 24.3 Å². The van der Waals surface area contributed by atoms with Gasteiger partial charge in [0.2, 0.25) is 0 Å². The Morgan fingerprint density at radius 2 is 1.56 bits per heavy atom. The van der Waals surface area contributed by atoms with Gasteiger partial charge in [0, 0.05) is 5.56 Å². The average molecular weight is 255 g/mol. The number of aliphatic carboxylic acids is 1. The summed E-state index contributed by atoms with van der Waals surface area (Å²) >= 11 is 0. The maximum atomic E-state index is 11.2. The Bertz CT molecular complexity index is 426. The van der Waals surface area contributed by atoms with E-state index in [0.717, 1.165) is 0 Å². The Labute approximate surface area is 102 Å². The van der Waals surface area contributed by atoms with Crippen molar-refractivity contribution < 1.29 is 24.6 Å². The topological polar surface area (TPSA) is 156 Å². The number of primary amides is 2. The quantitative estimate of drug-likeness (QED) is 0.479. The third-order valence-electron chi connectivity index (χ3n) is 1.53. The molecule has 8 heteroatoms. The lowest BCUT2D eigenvalue weighted by Crippen LogP contribution is -2.29. The highest BCUT2D eigenvalue weighted by Crippen LogP contribution is 2.08. The third kappa shape index (κ3) is 7.51. The van der Waals surface area contributed by atoms with Crippen molar-refractivity contribution in [2.24, 2.45) is 11.5 Å². The van der Waals surface area contributed by atoms with Crippen LogP contribution in [0.3, 0.4) is 0 Å². The number of phenols is 1. The number of urea groups is 1. The molecule has 18 heavy (non-hydrogen) atoms. The number of amides is 3. The van der Waals surface area contributed by atoms with Crippen LogP contribution in [0.4, 0.5) is 4.79 Å². The smallest absolute Gasteiger partial charge is 0.322 e. The lowest BCUT2D eigenvalue weighted by molar-refractivity contribution is -0.135. The molecule has 0 aliphatic heterocycles. The Morgan fingerprint density at radius 3 is 1.94 bits per heavy atom. The molecule has 0 radical (unpaired) electrons. The number of benzene rings is 1. The van der Waals surface area contributed by atoms with Gasteiger partial charge in [0.15, 0.2) is 0 Å². The molecule has 0 atom stereocenters. The highest BCUT2D eigenvalue weighted by atomic mass is 16.4. The highest BCUT2D eigenvalue weighted by Gasteiger charge is 2.06. The van der Waals surface area contributed by atoms with Crippen LogP contribution < -0.4 is 16.8 Å². The van der Waals surface area contributed by atoms with Gasteiger partial charge < -0.3 is 27.0 Å². The lowest BCUT2D eigenvalue weighted by atomic mass is 10.2. The van der Waals surface area contributed by atoms with E-state index in [4.69, 9.17) is 15.0 Å². The number of hydrogen-bond donors (Lipinski definition) is 5. The van der Waals surface area contributed by atoms with E-state index in [2.05, 4.69) is 16.8 Å². The summed E-state index contributed by atoms with van der Waals surface area (Å²) in [6.45, 7) is -0.417. The summed E-state index contributed by atoms with van der Waals surface area (Å²) < 4.78 is 0. The summed E-state index contributed by atoms with van der Waals surface area (Å²) in [5.41, 5.74) is 8.81. The Kier molecular flexibility index (Phi) is 6.34. The number of hydrogen-bond acceptors (Lipinski definition) is 4. The molecule has 98 valence electrons.